The summed E-state index contributed by atoms with van der Waals surface area (Å²) in [6, 6.07) is 14.0. The van der Waals surface area contributed by atoms with Gasteiger partial charge in [-0.15, -0.1) is 0 Å². The minimum Gasteiger partial charge on any atom is -0.478 e. The Morgan fingerprint density at radius 1 is 1.06 bits per heavy atom. The molecule has 3 rings (SSSR count). The Bertz CT molecular complexity index is 1100. The van der Waals surface area contributed by atoms with Crippen LogP contribution in [-0.2, 0) is 22.6 Å². The molecule has 0 spiro atoms. The Morgan fingerprint density at radius 3 is 2.29 bits per heavy atom. The topological polar surface area (TPSA) is 89.7 Å². The Labute approximate surface area is 201 Å². The van der Waals surface area contributed by atoms with Gasteiger partial charge in [-0.05, 0) is 63.4 Å². The maximum absolute atomic E-state index is 11.5. The van der Waals surface area contributed by atoms with E-state index in [0.29, 0.717) is 25.4 Å². The predicted octanol–water partition coefficient (Wildman–Crippen LogP) is 4.08. The smallest absolute Gasteiger partial charge is 0.347 e. The van der Waals surface area contributed by atoms with Crippen molar-refractivity contribution in [3.8, 4) is 11.4 Å². The van der Waals surface area contributed by atoms with E-state index in [1.165, 1.54) is 0 Å². The molecule has 1 heterocycles. The quantitative estimate of drug-likeness (QED) is 0.455. The van der Waals surface area contributed by atoms with Crippen molar-refractivity contribution < 1.29 is 19.4 Å². The van der Waals surface area contributed by atoms with Crippen LogP contribution in [0.2, 0.25) is 0 Å². The highest BCUT2D eigenvalue weighted by atomic mass is 16.5. The summed E-state index contributed by atoms with van der Waals surface area (Å²) in [4.78, 5) is 15.4. The van der Waals surface area contributed by atoms with Crippen molar-refractivity contribution in [3.05, 3.63) is 70.5 Å². The average molecular weight is 467 g/mol. The van der Waals surface area contributed by atoms with Gasteiger partial charge in [0.1, 0.15) is 11.4 Å². The first-order valence-electron chi connectivity index (χ1n) is 11.3. The van der Waals surface area contributed by atoms with Gasteiger partial charge in [0.05, 0.1) is 18.0 Å². The zero-order valence-electron chi connectivity index (χ0n) is 20.8. The number of carbonyl (C=O) groups is 1. The Hall–Kier alpha value is -3.23. The van der Waals surface area contributed by atoms with E-state index in [9.17, 15) is 9.90 Å². The van der Waals surface area contributed by atoms with Crippen LogP contribution in [0.3, 0.4) is 0 Å². The molecule has 1 N–H and O–H groups in total. The number of carboxylic acids is 1. The largest absolute Gasteiger partial charge is 0.478 e. The van der Waals surface area contributed by atoms with Crippen molar-refractivity contribution in [2.75, 3.05) is 20.3 Å². The predicted molar refractivity (Wildman–Crippen MR) is 130 cm³/mol. The SMILES string of the molecule is COCCN(Cc1cc(C)c(OC(C)(C)C(=O)O)c(C)c1)Cc1nn(-c2ccccc2)nc1C. The second-order valence-corrected chi connectivity index (χ2v) is 9.04. The molecule has 8 nitrogen and oxygen atoms in total. The van der Waals surface area contributed by atoms with Crippen molar-refractivity contribution >= 4 is 5.97 Å². The first-order chi connectivity index (χ1) is 16.1. The van der Waals surface area contributed by atoms with Gasteiger partial charge in [0.15, 0.2) is 5.60 Å². The van der Waals surface area contributed by atoms with Gasteiger partial charge in [0.2, 0.25) is 0 Å². The molecule has 0 bridgehead atoms. The van der Waals surface area contributed by atoms with Crippen LogP contribution in [0.5, 0.6) is 5.75 Å². The maximum Gasteiger partial charge on any atom is 0.347 e. The van der Waals surface area contributed by atoms with Gasteiger partial charge in [0.25, 0.3) is 0 Å². The summed E-state index contributed by atoms with van der Waals surface area (Å²) in [5.41, 5.74) is 4.34. The number of rotatable bonds is 11. The van der Waals surface area contributed by atoms with Crippen LogP contribution in [0, 0.1) is 20.8 Å². The lowest BCUT2D eigenvalue weighted by atomic mass is 10.0. The van der Waals surface area contributed by atoms with Crippen LogP contribution < -0.4 is 4.74 Å². The van der Waals surface area contributed by atoms with Crippen LogP contribution in [0.15, 0.2) is 42.5 Å². The third-order valence-electron chi connectivity index (χ3n) is 5.65. The summed E-state index contributed by atoms with van der Waals surface area (Å²) in [7, 11) is 1.69. The molecular formula is C26H34N4O4. The molecule has 0 saturated heterocycles. The number of hydrogen-bond acceptors (Lipinski definition) is 6. The lowest BCUT2D eigenvalue weighted by Crippen LogP contribution is -2.38. The van der Waals surface area contributed by atoms with Crippen molar-refractivity contribution in [1.29, 1.82) is 0 Å². The average Bonchev–Trinajstić information content (AvgIpc) is 3.15. The minimum atomic E-state index is -1.30. The molecule has 182 valence electrons. The summed E-state index contributed by atoms with van der Waals surface area (Å²) in [6.07, 6.45) is 0. The molecule has 2 aromatic carbocycles. The summed E-state index contributed by atoms with van der Waals surface area (Å²) >= 11 is 0. The van der Waals surface area contributed by atoms with Crippen LogP contribution in [0.1, 0.15) is 41.9 Å². The lowest BCUT2D eigenvalue weighted by molar-refractivity contribution is -0.152. The number of aliphatic carboxylic acids is 1. The number of nitrogens with zero attached hydrogens (tertiary/aromatic N) is 4. The molecule has 0 fully saturated rings. The fraction of sp³-hybridized carbons (Fsp3) is 0.423. The van der Waals surface area contributed by atoms with E-state index in [-0.39, 0.29) is 0 Å². The first kappa shape index (κ1) is 25.4. The number of methoxy groups -OCH3 is 1. The van der Waals surface area contributed by atoms with Crippen LogP contribution in [-0.4, -0.2) is 56.8 Å². The number of benzene rings is 2. The monoisotopic (exact) mass is 466 g/mol. The Kier molecular flexibility index (Phi) is 8.06. The molecule has 0 aliphatic heterocycles. The van der Waals surface area contributed by atoms with Gasteiger partial charge >= 0.3 is 5.97 Å². The van der Waals surface area contributed by atoms with E-state index in [0.717, 1.165) is 40.3 Å². The number of carboxylic acid groups (broad SMARTS) is 1. The van der Waals surface area contributed by atoms with Crippen molar-refractivity contribution in [3.63, 3.8) is 0 Å². The number of aryl methyl sites for hydroxylation is 3. The number of ether oxygens (including phenoxy) is 2. The summed E-state index contributed by atoms with van der Waals surface area (Å²) in [5, 5.41) is 18.7. The summed E-state index contributed by atoms with van der Waals surface area (Å²) < 4.78 is 11.2. The molecule has 0 unspecified atom stereocenters. The van der Waals surface area contributed by atoms with Crippen molar-refractivity contribution in [2.45, 2.75) is 53.3 Å². The minimum absolute atomic E-state index is 0.595. The van der Waals surface area contributed by atoms with Crippen molar-refractivity contribution in [1.82, 2.24) is 19.9 Å². The third-order valence-corrected chi connectivity index (χ3v) is 5.65. The van der Waals surface area contributed by atoms with Gasteiger partial charge in [-0.1, -0.05) is 30.3 Å². The van der Waals surface area contributed by atoms with E-state index < -0.39 is 11.6 Å². The highest BCUT2D eigenvalue weighted by Crippen LogP contribution is 2.29. The molecule has 0 aliphatic rings. The van der Waals surface area contributed by atoms with Crippen LogP contribution in [0.4, 0.5) is 0 Å². The fourth-order valence-electron chi connectivity index (χ4n) is 3.73. The second-order valence-electron chi connectivity index (χ2n) is 9.04. The standard InChI is InChI=1S/C26H34N4O4/c1-18-14-21(15-19(2)24(18)34-26(4,5)25(31)32)16-29(12-13-33-6)17-23-20(3)27-30(28-23)22-10-8-7-9-11-22/h7-11,14-15H,12-13,16-17H2,1-6H3,(H,31,32). The molecule has 3 aromatic rings. The zero-order chi connectivity index (χ0) is 24.9. The molecule has 0 radical (unpaired) electrons. The number of aromatic nitrogens is 3. The zero-order valence-corrected chi connectivity index (χ0v) is 20.8. The number of para-hydroxylation sites is 1. The first-order valence-corrected chi connectivity index (χ1v) is 11.3. The third kappa shape index (κ3) is 6.21. The van der Waals surface area contributed by atoms with Gasteiger partial charge in [-0.25, -0.2) is 4.79 Å². The summed E-state index contributed by atoms with van der Waals surface area (Å²) in [5.74, 6) is -0.388. The van der Waals surface area contributed by atoms with E-state index in [4.69, 9.17) is 14.6 Å². The highest BCUT2D eigenvalue weighted by Gasteiger charge is 2.30. The van der Waals surface area contributed by atoms with Crippen molar-refractivity contribution in [2.24, 2.45) is 0 Å². The molecule has 0 saturated carbocycles. The van der Waals surface area contributed by atoms with E-state index in [1.54, 1.807) is 25.8 Å². The van der Waals surface area contributed by atoms with Gasteiger partial charge in [0, 0.05) is 26.7 Å². The van der Waals surface area contributed by atoms with Gasteiger partial charge < -0.3 is 14.6 Å². The molecular weight excluding hydrogens is 432 g/mol. The highest BCUT2D eigenvalue weighted by molar-refractivity contribution is 5.77. The maximum atomic E-state index is 11.5. The van der Waals surface area contributed by atoms with Gasteiger partial charge in [-0.3, -0.25) is 4.90 Å². The number of hydrogen-bond donors (Lipinski definition) is 1. The van der Waals surface area contributed by atoms with Crippen LogP contribution >= 0.6 is 0 Å². The lowest BCUT2D eigenvalue weighted by Gasteiger charge is -2.26. The molecule has 0 amide bonds. The Morgan fingerprint density at radius 2 is 1.71 bits per heavy atom. The molecule has 34 heavy (non-hydrogen) atoms. The molecule has 0 atom stereocenters. The van der Waals surface area contributed by atoms with E-state index in [2.05, 4.69) is 10.00 Å². The van der Waals surface area contributed by atoms with Crippen LogP contribution in [0.25, 0.3) is 5.69 Å². The molecule has 8 heteroatoms. The second kappa shape index (κ2) is 10.8. The van der Waals surface area contributed by atoms with E-state index in [1.807, 2.05) is 63.2 Å². The fourth-order valence-corrected chi connectivity index (χ4v) is 3.73. The Balaban J connectivity index is 1.81. The normalized spacial score (nSPS) is 11.7. The van der Waals surface area contributed by atoms with Gasteiger partial charge in [-0.2, -0.15) is 15.0 Å². The van der Waals surface area contributed by atoms with E-state index >= 15 is 0 Å². The summed E-state index contributed by atoms with van der Waals surface area (Å²) in [6.45, 7) is 11.6. The molecule has 1 aromatic heterocycles. The molecule has 0 aliphatic carbocycles.